The Morgan fingerprint density at radius 3 is 2.46 bits per heavy atom. The van der Waals surface area contributed by atoms with Crippen LogP contribution in [-0.4, -0.2) is 23.0 Å². The summed E-state index contributed by atoms with van der Waals surface area (Å²) in [6, 6.07) is 20.3. The van der Waals surface area contributed by atoms with E-state index in [4.69, 9.17) is 0 Å². The van der Waals surface area contributed by atoms with Gasteiger partial charge in [-0.25, -0.2) is 8.42 Å². The fourth-order valence-electron chi connectivity index (χ4n) is 3.17. The Hall–Kier alpha value is -3.19. The fraction of sp³-hybridized carbons (Fsp3) is 0.143. The molecule has 0 amide bonds. The summed E-state index contributed by atoms with van der Waals surface area (Å²) in [7, 11) is -3.87. The van der Waals surface area contributed by atoms with Gasteiger partial charge >= 0.3 is 0 Å². The normalized spacial score (nSPS) is 11.6. The quantitative estimate of drug-likeness (QED) is 0.519. The number of fused-ring (bicyclic) bond motifs is 1. The SMILES string of the molecule is Cc1cccc(N(Cc2ccccc2)S(=O)(=O)c2cccn3c(C)nnc23)c1. The summed E-state index contributed by atoms with van der Waals surface area (Å²) in [6.07, 6.45) is 1.76. The number of pyridine rings is 1. The van der Waals surface area contributed by atoms with Gasteiger partial charge in [0.1, 0.15) is 10.7 Å². The van der Waals surface area contributed by atoms with Crippen LogP contribution in [0.2, 0.25) is 0 Å². The highest BCUT2D eigenvalue weighted by molar-refractivity contribution is 7.93. The van der Waals surface area contributed by atoms with Crippen molar-refractivity contribution in [3.63, 3.8) is 0 Å². The first-order chi connectivity index (χ1) is 13.5. The van der Waals surface area contributed by atoms with Crippen molar-refractivity contribution in [2.45, 2.75) is 25.3 Å². The minimum Gasteiger partial charge on any atom is -0.286 e. The third-order valence-corrected chi connectivity index (χ3v) is 6.39. The van der Waals surface area contributed by atoms with E-state index in [2.05, 4.69) is 10.2 Å². The van der Waals surface area contributed by atoms with Crippen molar-refractivity contribution in [3.8, 4) is 0 Å². The number of anilines is 1. The zero-order chi connectivity index (χ0) is 19.7. The number of nitrogens with zero attached hydrogens (tertiary/aromatic N) is 4. The predicted molar refractivity (Wildman–Crippen MR) is 109 cm³/mol. The molecule has 4 aromatic rings. The van der Waals surface area contributed by atoms with Gasteiger partial charge in [-0.05, 0) is 49.2 Å². The van der Waals surface area contributed by atoms with E-state index in [1.807, 2.05) is 61.5 Å². The Morgan fingerprint density at radius 2 is 1.71 bits per heavy atom. The van der Waals surface area contributed by atoms with E-state index < -0.39 is 10.0 Å². The lowest BCUT2D eigenvalue weighted by Gasteiger charge is -2.25. The molecule has 2 aromatic heterocycles. The van der Waals surface area contributed by atoms with Crippen LogP contribution in [0, 0.1) is 13.8 Å². The highest BCUT2D eigenvalue weighted by Crippen LogP contribution is 2.28. The van der Waals surface area contributed by atoms with Gasteiger partial charge in [-0.15, -0.1) is 10.2 Å². The van der Waals surface area contributed by atoms with Gasteiger partial charge in [0.15, 0.2) is 5.65 Å². The van der Waals surface area contributed by atoms with Crippen LogP contribution in [0.25, 0.3) is 5.65 Å². The Kier molecular flexibility index (Phi) is 4.60. The van der Waals surface area contributed by atoms with Crippen LogP contribution in [0.15, 0.2) is 77.8 Å². The van der Waals surface area contributed by atoms with E-state index in [1.54, 1.807) is 29.7 Å². The van der Waals surface area contributed by atoms with Crippen molar-refractivity contribution in [1.82, 2.24) is 14.6 Å². The molecule has 0 aliphatic carbocycles. The van der Waals surface area contributed by atoms with Gasteiger partial charge in [-0.2, -0.15) is 0 Å². The molecule has 0 bridgehead atoms. The van der Waals surface area contributed by atoms with Crippen molar-refractivity contribution in [1.29, 1.82) is 0 Å². The first-order valence-electron chi connectivity index (χ1n) is 8.90. The molecule has 2 aromatic carbocycles. The largest absolute Gasteiger partial charge is 0.286 e. The molecule has 0 aliphatic heterocycles. The van der Waals surface area contributed by atoms with Gasteiger partial charge in [0.2, 0.25) is 0 Å². The molecule has 6 nitrogen and oxygen atoms in total. The Morgan fingerprint density at radius 1 is 0.929 bits per heavy atom. The molecular weight excluding hydrogens is 372 g/mol. The summed E-state index contributed by atoms with van der Waals surface area (Å²) in [5.41, 5.74) is 2.83. The average Bonchev–Trinajstić information content (AvgIpc) is 3.08. The summed E-state index contributed by atoms with van der Waals surface area (Å²) in [5.74, 6) is 0.636. The molecule has 0 radical (unpaired) electrons. The van der Waals surface area contributed by atoms with Gasteiger partial charge in [-0.1, -0.05) is 42.5 Å². The number of rotatable bonds is 5. The highest BCUT2D eigenvalue weighted by Gasteiger charge is 2.28. The molecule has 28 heavy (non-hydrogen) atoms. The maximum Gasteiger partial charge on any atom is 0.268 e. The van der Waals surface area contributed by atoms with Crippen LogP contribution < -0.4 is 4.31 Å². The zero-order valence-electron chi connectivity index (χ0n) is 15.6. The lowest BCUT2D eigenvalue weighted by molar-refractivity contribution is 0.590. The third kappa shape index (κ3) is 3.25. The van der Waals surface area contributed by atoms with E-state index in [-0.39, 0.29) is 11.4 Å². The molecule has 0 unspecified atom stereocenters. The molecule has 0 saturated heterocycles. The van der Waals surface area contributed by atoms with Gasteiger partial charge < -0.3 is 0 Å². The molecule has 0 spiro atoms. The first-order valence-corrected chi connectivity index (χ1v) is 10.3. The molecule has 0 aliphatic rings. The zero-order valence-corrected chi connectivity index (χ0v) is 16.5. The Balaban J connectivity index is 1.89. The second-order valence-corrected chi connectivity index (χ2v) is 8.48. The molecule has 2 heterocycles. The molecule has 4 rings (SSSR count). The lowest BCUT2D eigenvalue weighted by atomic mass is 10.2. The molecule has 0 N–H and O–H groups in total. The van der Waals surface area contributed by atoms with Crippen molar-refractivity contribution in [3.05, 3.63) is 89.9 Å². The minimum atomic E-state index is -3.87. The number of aryl methyl sites for hydroxylation is 2. The standard InChI is InChI=1S/C21H20N4O2S/c1-16-8-6-11-19(14-16)25(15-18-9-4-3-5-10-18)28(26,27)20-12-7-13-24-17(2)22-23-21(20)24/h3-14H,15H2,1-2H3. The smallest absolute Gasteiger partial charge is 0.268 e. The molecule has 0 atom stereocenters. The number of benzene rings is 2. The Bertz CT molecular complexity index is 1230. The topological polar surface area (TPSA) is 67.6 Å². The summed E-state index contributed by atoms with van der Waals surface area (Å²) in [5, 5.41) is 8.12. The Labute approximate surface area is 164 Å². The second kappa shape index (κ2) is 7.09. The first kappa shape index (κ1) is 18.2. The molecule has 0 fully saturated rings. The predicted octanol–water partition coefficient (Wildman–Crippen LogP) is 3.74. The summed E-state index contributed by atoms with van der Waals surface area (Å²) in [6.45, 7) is 3.96. The summed E-state index contributed by atoms with van der Waals surface area (Å²) >= 11 is 0. The number of sulfonamides is 1. The van der Waals surface area contributed by atoms with Crippen LogP contribution in [0.5, 0.6) is 0 Å². The van der Waals surface area contributed by atoms with Crippen LogP contribution in [0.4, 0.5) is 5.69 Å². The second-order valence-electron chi connectivity index (χ2n) is 6.65. The van der Waals surface area contributed by atoms with E-state index in [0.717, 1.165) is 11.1 Å². The number of hydrogen-bond donors (Lipinski definition) is 0. The molecule has 142 valence electrons. The summed E-state index contributed by atoms with van der Waals surface area (Å²) < 4.78 is 30.5. The summed E-state index contributed by atoms with van der Waals surface area (Å²) in [4.78, 5) is 0.132. The maximum atomic E-state index is 13.7. The monoisotopic (exact) mass is 392 g/mol. The average molecular weight is 392 g/mol. The van der Waals surface area contributed by atoms with Crippen LogP contribution in [-0.2, 0) is 16.6 Å². The van der Waals surface area contributed by atoms with E-state index in [9.17, 15) is 8.42 Å². The van der Waals surface area contributed by atoms with E-state index in [1.165, 1.54) is 4.31 Å². The van der Waals surface area contributed by atoms with Crippen LogP contribution in [0.3, 0.4) is 0 Å². The minimum absolute atomic E-state index is 0.132. The van der Waals surface area contributed by atoms with Crippen molar-refractivity contribution < 1.29 is 8.42 Å². The van der Waals surface area contributed by atoms with Gasteiger partial charge in [-0.3, -0.25) is 8.71 Å². The van der Waals surface area contributed by atoms with Crippen molar-refractivity contribution in [2.24, 2.45) is 0 Å². The van der Waals surface area contributed by atoms with Crippen molar-refractivity contribution in [2.75, 3.05) is 4.31 Å². The maximum absolute atomic E-state index is 13.7. The fourth-order valence-corrected chi connectivity index (χ4v) is 4.74. The van der Waals surface area contributed by atoms with Gasteiger partial charge in [0, 0.05) is 6.20 Å². The van der Waals surface area contributed by atoms with E-state index in [0.29, 0.717) is 17.2 Å². The van der Waals surface area contributed by atoms with Crippen LogP contribution >= 0.6 is 0 Å². The van der Waals surface area contributed by atoms with Gasteiger partial charge in [0.05, 0.1) is 12.2 Å². The molecule has 0 saturated carbocycles. The van der Waals surface area contributed by atoms with E-state index >= 15 is 0 Å². The third-order valence-electron chi connectivity index (χ3n) is 4.60. The molecule has 7 heteroatoms. The van der Waals surface area contributed by atoms with Crippen molar-refractivity contribution >= 4 is 21.4 Å². The highest BCUT2D eigenvalue weighted by atomic mass is 32.2. The number of aromatic nitrogens is 3. The van der Waals surface area contributed by atoms with Crippen LogP contribution in [0.1, 0.15) is 17.0 Å². The molecular formula is C21H20N4O2S. The lowest BCUT2D eigenvalue weighted by Crippen LogP contribution is -2.31. The van der Waals surface area contributed by atoms with Gasteiger partial charge in [0.25, 0.3) is 10.0 Å². The number of hydrogen-bond acceptors (Lipinski definition) is 4.